The average molecular weight is 493 g/mol. The standard InChI is InChI=1S/C24H29FN2O6S/c1-24(2,3)27(16-18-7-5-4-6-8-18)22(28)17-33-23(29)19-9-10-20(25)21(15-19)34(30,31)26-11-13-32-14-12-26/h4-10,15H,11-14,16-17H2,1-3H3. The van der Waals surface area contributed by atoms with Crippen molar-refractivity contribution in [2.45, 2.75) is 37.8 Å². The lowest BCUT2D eigenvalue weighted by molar-refractivity contribution is -0.140. The monoisotopic (exact) mass is 492 g/mol. The number of hydrogen-bond donors (Lipinski definition) is 0. The number of hydrogen-bond acceptors (Lipinski definition) is 6. The molecule has 34 heavy (non-hydrogen) atoms. The highest BCUT2D eigenvalue weighted by Gasteiger charge is 2.31. The van der Waals surface area contributed by atoms with Crippen LogP contribution in [0, 0.1) is 5.82 Å². The first-order valence-corrected chi connectivity index (χ1v) is 12.3. The Bertz CT molecular complexity index is 1130. The number of carbonyl (C=O) groups excluding carboxylic acids is 2. The molecule has 0 aromatic heterocycles. The van der Waals surface area contributed by atoms with Crippen molar-refractivity contribution in [2.75, 3.05) is 32.9 Å². The molecular weight excluding hydrogens is 463 g/mol. The van der Waals surface area contributed by atoms with Gasteiger partial charge in [0, 0.05) is 25.2 Å². The maximum absolute atomic E-state index is 14.4. The Morgan fingerprint density at radius 2 is 1.74 bits per heavy atom. The molecule has 0 saturated carbocycles. The SMILES string of the molecule is CC(C)(C)N(Cc1ccccc1)C(=O)COC(=O)c1ccc(F)c(S(=O)(=O)N2CCOCC2)c1. The zero-order valence-corrected chi connectivity index (χ0v) is 20.3. The molecule has 1 aliphatic rings. The first-order chi connectivity index (χ1) is 16.0. The fourth-order valence-corrected chi connectivity index (χ4v) is 5.01. The normalized spacial score (nSPS) is 15.1. The van der Waals surface area contributed by atoms with Crippen LogP contribution in [-0.4, -0.2) is 67.9 Å². The lowest BCUT2D eigenvalue weighted by atomic mass is 10.0. The van der Waals surface area contributed by atoms with Crippen LogP contribution in [0.25, 0.3) is 0 Å². The number of halogens is 1. The largest absolute Gasteiger partial charge is 0.452 e. The van der Waals surface area contributed by atoms with Crippen LogP contribution >= 0.6 is 0 Å². The minimum atomic E-state index is -4.15. The average Bonchev–Trinajstić information content (AvgIpc) is 2.81. The van der Waals surface area contributed by atoms with Gasteiger partial charge in [-0.2, -0.15) is 4.31 Å². The summed E-state index contributed by atoms with van der Waals surface area (Å²) < 4.78 is 51.5. The Balaban J connectivity index is 1.72. The number of benzene rings is 2. The van der Waals surface area contributed by atoms with Crippen LogP contribution in [0.3, 0.4) is 0 Å². The second-order valence-electron chi connectivity index (χ2n) is 8.87. The van der Waals surface area contributed by atoms with Gasteiger partial charge in [-0.1, -0.05) is 30.3 Å². The quantitative estimate of drug-likeness (QED) is 0.552. The van der Waals surface area contributed by atoms with Crippen molar-refractivity contribution < 1.29 is 31.9 Å². The molecule has 2 aromatic rings. The minimum Gasteiger partial charge on any atom is -0.452 e. The van der Waals surface area contributed by atoms with E-state index in [1.807, 2.05) is 51.1 Å². The molecule has 10 heteroatoms. The van der Waals surface area contributed by atoms with Crippen LogP contribution in [0.15, 0.2) is 53.4 Å². The van der Waals surface area contributed by atoms with Crippen LogP contribution < -0.4 is 0 Å². The van der Waals surface area contributed by atoms with Gasteiger partial charge in [-0.05, 0) is 44.5 Å². The number of esters is 1. The predicted molar refractivity (Wildman–Crippen MR) is 123 cm³/mol. The highest BCUT2D eigenvalue weighted by molar-refractivity contribution is 7.89. The lowest BCUT2D eigenvalue weighted by Crippen LogP contribution is -2.46. The molecule has 0 spiro atoms. The maximum atomic E-state index is 14.4. The van der Waals surface area contributed by atoms with Gasteiger partial charge in [-0.25, -0.2) is 17.6 Å². The van der Waals surface area contributed by atoms with Gasteiger partial charge in [0.2, 0.25) is 10.0 Å². The lowest BCUT2D eigenvalue weighted by Gasteiger charge is -2.35. The fraction of sp³-hybridized carbons (Fsp3) is 0.417. The second-order valence-corrected chi connectivity index (χ2v) is 10.8. The minimum absolute atomic E-state index is 0.0923. The number of rotatable bonds is 7. The molecule has 1 heterocycles. The van der Waals surface area contributed by atoms with Crippen molar-refractivity contribution in [1.29, 1.82) is 0 Å². The third-order valence-electron chi connectivity index (χ3n) is 5.38. The second kappa shape index (κ2) is 10.6. The molecule has 1 amide bonds. The van der Waals surface area contributed by atoms with Crippen LogP contribution in [0.1, 0.15) is 36.7 Å². The summed E-state index contributed by atoms with van der Waals surface area (Å²) in [5.74, 6) is -2.30. The highest BCUT2D eigenvalue weighted by atomic mass is 32.2. The summed E-state index contributed by atoms with van der Waals surface area (Å²) >= 11 is 0. The molecule has 1 fully saturated rings. The summed E-state index contributed by atoms with van der Waals surface area (Å²) in [4.78, 5) is 26.5. The van der Waals surface area contributed by atoms with E-state index in [0.29, 0.717) is 6.54 Å². The van der Waals surface area contributed by atoms with E-state index in [0.717, 1.165) is 28.1 Å². The van der Waals surface area contributed by atoms with Crippen molar-refractivity contribution in [2.24, 2.45) is 0 Å². The van der Waals surface area contributed by atoms with Gasteiger partial charge in [-0.15, -0.1) is 0 Å². The number of amides is 1. The molecule has 3 rings (SSSR count). The molecule has 1 aliphatic heterocycles. The summed E-state index contributed by atoms with van der Waals surface area (Å²) in [6, 6.07) is 12.4. The van der Waals surface area contributed by atoms with Crippen LogP contribution in [0.4, 0.5) is 4.39 Å². The van der Waals surface area contributed by atoms with Gasteiger partial charge in [0.25, 0.3) is 5.91 Å². The smallest absolute Gasteiger partial charge is 0.338 e. The number of ether oxygens (including phenoxy) is 2. The molecule has 8 nitrogen and oxygen atoms in total. The summed E-state index contributed by atoms with van der Waals surface area (Å²) in [6.45, 7) is 6.01. The Labute approximate surface area is 199 Å². The van der Waals surface area contributed by atoms with Gasteiger partial charge in [0.15, 0.2) is 6.61 Å². The van der Waals surface area contributed by atoms with E-state index < -0.39 is 44.8 Å². The zero-order chi connectivity index (χ0) is 24.9. The summed E-state index contributed by atoms with van der Waals surface area (Å²) in [7, 11) is -4.15. The molecular formula is C24H29FN2O6S. The van der Waals surface area contributed by atoms with Gasteiger partial charge in [-0.3, -0.25) is 4.79 Å². The van der Waals surface area contributed by atoms with E-state index in [2.05, 4.69) is 0 Å². The zero-order valence-electron chi connectivity index (χ0n) is 19.5. The highest BCUT2D eigenvalue weighted by Crippen LogP contribution is 2.23. The maximum Gasteiger partial charge on any atom is 0.338 e. The van der Waals surface area contributed by atoms with E-state index in [1.54, 1.807) is 4.90 Å². The van der Waals surface area contributed by atoms with Gasteiger partial charge < -0.3 is 14.4 Å². The molecule has 0 aliphatic carbocycles. The first-order valence-electron chi connectivity index (χ1n) is 10.9. The Kier molecular flexibility index (Phi) is 8.06. The van der Waals surface area contributed by atoms with Crippen LogP contribution in [0.2, 0.25) is 0 Å². The van der Waals surface area contributed by atoms with Gasteiger partial charge in [0.05, 0.1) is 18.8 Å². The summed E-state index contributed by atoms with van der Waals surface area (Å²) in [5.41, 5.74) is 0.231. The summed E-state index contributed by atoms with van der Waals surface area (Å²) in [6.07, 6.45) is 0. The predicted octanol–water partition coefficient (Wildman–Crippen LogP) is 2.83. The van der Waals surface area contributed by atoms with Crippen molar-refractivity contribution >= 4 is 21.9 Å². The number of carbonyl (C=O) groups is 2. The molecule has 0 atom stereocenters. The molecule has 0 unspecified atom stereocenters. The van der Waals surface area contributed by atoms with Gasteiger partial charge in [0.1, 0.15) is 10.7 Å². The number of sulfonamides is 1. The molecule has 1 saturated heterocycles. The fourth-order valence-electron chi connectivity index (χ4n) is 3.51. The number of nitrogens with zero attached hydrogens (tertiary/aromatic N) is 2. The van der Waals surface area contributed by atoms with Crippen LogP contribution in [0.5, 0.6) is 0 Å². The van der Waals surface area contributed by atoms with E-state index in [9.17, 15) is 22.4 Å². The molecule has 2 aromatic carbocycles. The summed E-state index contributed by atoms with van der Waals surface area (Å²) in [5, 5.41) is 0. The van der Waals surface area contributed by atoms with Crippen molar-refractivity contribution in [3.8, 4) is 0 Å². The third-order valence-corrected chi connectivity index (χ3v) is 7.29. The third kappa shape index (κ3) is 6.19. The van der Waals surface area contributed by atoms with Gasteiger partial charge >= 0.3 is 5.97 Å². The van der Waals surface area contributed by atoms with E-state index in [1.165, 1.54) is 0 Å². The molecule has 0 bridgehead atoms. The molecule has 0 N–H and O–H groups in total. The van der Waals surface area contributed by atoms with E-state index in [4.69, 9.17) is 9.47 Å². The topological polar surface area (TPSA) is 93.2 Å². The van der Waals surface area contributed by atoms with Crippen LogP contribution in [-0.2, 0) is 30.8 Å². The van der Waals surface area contributed by atoms with E-state index >= 15 is 0 Å². The Morgan fingerprint density at radius 3 is 2.35 bits per heavy atom. The molecule has 184 valence electrons. The van der Waals surface area contributed by atoms with Crippen molar-refractivity contribution in [3.05, 3.63) is 65.5 Å². The van der Waals surface area contributed by atoms with Crippen molar-refractivity contribution in [1.82, 2.24) is 9.21 Å². The first kappa shape index (κ1) is 25.8. The van der Waals surface area contributed by atoms with Crippen molar-refractivity contribution in [3.63, 3.8) is 0 Å². The Morgan fingerprint density at radius 1 is 1.09 bits per heavy atom. The Hall–Kier alpha value is -2.82. The molecule has 0 radical (unpaired) electrons. The van der Waals surface area contributed by atoms with E-state index in [-0.39, 0.29) is 31.9 Å². The number of morpholine rings is 1.